The lowest BCUT2D eigenvalue weighted by atomic mass is 9.87. The van der Waals surface area contributed by atoms with E-state index in [4.69, 9.17) is 9.16 Å². The number of nitrogens with zero attached hydrogens (tertiary/aromatic N) is 1. The van der Waals surface area contributed by atoms with Gasteiger partial charge < -0.3 is 19.4 Å². The predicted molar refractivity (Wildman–Crippen MR) is 159 cm³/mol. The molecule has 3 aromatic rings. The van der Waals surface area contributed by atoms with Crippen LogP contribution in [0.4, 0.5) is 10.5 Å². The van der Waals surface area contributed by atoms with Crippen molar-refractivity contribution in [1.82, 2.24) is 4.90 Å². The monoisotopic (exact) mass is 530 g/mol. The molecule has 38 heavy (non-hydrogen) atoms. The third-order valence-corrected chi connectivity index (χ3v) is 7.55. The van der Waals surface area contributed by atoms with Gasteiger partial charge in [0.05, 0.1) is 5.69 Å². The summed E-state index contributed by atoms with van der Waals surface area (Å²) in [5.74, 6) is 1.51. The minimum atomic E-state index is -1.65. The largest absolute Gasteiger partial charge is 0.544 e. The zero-order valence-electron chi connectivity index (χ0n) is 23.8. The zero-order chi connectivity index (χ0) is 27.3. The number of carbonyl (C=O) groups excluding carboxylic acids is 1. The van der Waals surface area contributed by atoms with E-state index in [1.54, 1.807) is 4.90 Å². The van der Waals surface area contributed by atoms with Crippen molar-refractivity contribution < 1.29 is 14.0 Å². The van der Waals surface area contributed by atoms with Crippen LogP contribution in [0.3, 0.4) is 0 Å². The number of amides is 1. The number of benzene rings is 3. The predicted octanol–water partition coefficient (Wildman–Crippen LogP) is 7.80. The lowest BCUT2D eigenvalue weighted by Gasteiger charge is -2.25. The molecule has 6 heteroatoms. The van der Waals surface area contributed by atoms with E-state index >= 15 is 0 Å². The molecule has 1 aliphatic rings. The van der Waals surface area contributed by atoms with Gasteiger partial charge in [-0.05, 0) is 84.8 Å². The summed E-state index contributed by atoms with van der Waals surface area (Å²) in [6.07, 6.45) is 2.48. The van der Waals surface area contributed by atoms with Gasteiger partial charge in [0.25, 0.3) is 0 Å². The van der Waals surface area contributed by atoms with Crippen LogP contribution < -0.4 is 14.5 Å². The number of ether oxygens (including phenoxy) is 1. The SMILES string of the molecule is CC(C)(C)c1ccc(CN(CCc2ccc(O[Si](C)(C)C)cc2)C(=O)Oc2cccc3c2NCCC3)cc1. The average Bonchev–Trinajstić information content (AvgIpc) is 2.86. The summed E-state index contributed by atoms with van der Waals surface area (Å²) in [5.41, 5.74) is 5.75. The van der Waals surface area contributed by atoms with E-state index in [9.17, 15) is 4.79 Å². The first-order chi connectivity index (χ1) is 18.0. The van der Waals surface area contributed by atoms with Crippen LogP contribution in [0.25, 0.3) is 0 Å². The van der Waals surface area contributed by atoms with E-state index < -0.39 is 8.32 Å². The molecule has 1 amide bonds. The number of para-hydroxylation sites is 1. The van der Waals surface area contributed by atoms with E-state index in [-0.39, 0.29) is 11.5 Å². The third-order valence-electron chi connectivity index (χ3n) is 6.70. The van der Waals surface area contributed by atoms with Gasteiger partial charge in [0, 0.05) is 19.6 Å². The standard InChI is InChI=1S/C32H42N2O3Si/c1-32(2,3)27-16-12-25(13-17-27)23-34(22-20-24-14-18-28(19-15-24)37-38(4,5)6)31(35)36-29-11-7-9-26-10-8-21-33-30(26)29/h7,9,11-19,33H,8,10,20-23H2,1-6H3. The highest BCUT2D eigenvalue weighted by atomic mass is 28.4. The van der Waals surface area contributed by atoms with Gasteiger partial charge in [0.1, 0.15) is 5.75 Å². The molecule has 0 bridgehead atoms. The Kier molecular flexibility index (Phi) is 8.51. The smallest absolute Gasteiger partial charge is 0.415 e. The second kappa shape index (κ2) is 11.6. The Morgan fingerprint density at radius 2 is 1.63 bits per heavy atom. The van der Waals surface area contributed by atoms with Gasteiger partial charge in [0.15, 0.2) is 5.75 Å². The Bertz CT molecular complexity index is 1230. The Labute approximate surface area is 229 Å². The number of aryl methyl sites for hydroxylation is 1. The fourth-order valence-electron chi connectivity index (χ4n) is 4.63. The highest BCUT2D eigenvalue weighted by molar-refractivity contribution is 6.70. The van der Waals surface area contributed by atoms with Crippen molar-refractivity contribution in [3.05, 3.63) is 89.0 Å². The minimum Gasteiger partial charge on any atom is -0.544 e. The molecule has 0 saturated carbocycles. The molecule has 0 atom stereocenters. The molecule has 0 saturated heterocycles. The topological polar surface area (TPSA) is 50.8 Å². The second-order valence-corrected chi connectivity index (χ2v) is 16.6. The summed E-state index contributed by atoms with van der Waals surface area (Å²) < 4.78 is 12.1. The molecule has 0 fully saturated rings. The quantitative estimate of drug-likeness (QED) is 0.302. The van der Waals surface area contributed by atoms with Crippen molar-refractivity contribution in [3.8, 4) is 11.5 Å². The zero-order valence-corrected chi connectivity index (χ0v) is 24.8. The maximum absolute atomic E-state index is 13.5. The first kappa shape index (κ1) is 27.8. The maximum atomic E-state index is 13.5. The average molecular weight is 531 g/mol. The molecule has 0 spiro atoms. The normalized spacial score (nSPS) is 13.3. The highest BCUT2D eigenvalue weighted by Gasteiger charge is 2.21. The van der Waals surface area contributed by atoms with Crippen LogP contribution in [0.2, 0.25) is 19.6 Å². The van der Waals surface area contributed by atoms with Crippen molar-refractivity contribution >= 4 is 20.1 Å². The molecule has 0 radical (unpaired) electrons. The second-order valence-electron chi connectivity index (χ2n) is 12.2. The van der Waals surface area contributed by atoms with E-state index in [0.29, 0.717) is 18.8 Å². The first-order valence-electron chi connectivity index (χ1n) is 13.7. The van der Waals surface area contributed by atoms with E-state index in [1.165, 1.54) is 11.1 Å². The van der Waals surface area contributed by atoms with Crippen LogP contribution in [0.5, 0.6) is 11.5 Å². The summed E-state index contributed by atoms with van der Waals surface area (Å²) in [5, 5.41) is 3.42. The van der Waals surface area contributed by atoms with Crippen molar-refractivity contribution in [2.45, 2.75) is 71.6 Å². The number of hydrogen-bond donors (Lipinski definition) is 1. The molecule has 0 aliphatic carbocycles. The lowest BCUT2D eigenvalue weighted by molar-refractivity contribution is 0.150. The van der Waals surface area contributed by atoms with Crippen LogP contribution >= 0.6 is 0 Å². The third kappa shape index (κ3) is 7.64. The number of hydrogen-bond acceptors (Lipinski definition) is 4. The summed E-state index contributed by atoms with van der Waals surface area (Å²) in [6.45, 7) is 15.1. The Balaban J connectivity index is 1.50. The molecule has 0 aromatic heterocycles. The van der Waals surface area contributed by atoms with Crippen LogP contribution in [0, 0.1) is 0 Å². The van der Waals surface area contributed by atoms with Gasteiger partial charge in [-0.2, -0.15) is 0 Å². The number of rotatable bonds is 8. The van der Waals surface area contributed by atoms with Gasteiger partial charge in [-0.1, -0.05) is 69.3 Å². The molecule has 1 N–H and O–H groups in total. The molecule has 202 valence electrons. The molecular weight excluding hydrogens is 488 g/mol. The highest BCUT2D eigenvalue weighted by Crippen LogP contribution is 2.32. The van der Waals surface area contributed by atoms with Crippen LogP contribution in [0.1, 0.15) is 49.4 Å². The maximum Gasteiger partial charge on any atom is 0.415 e. The molecule has 1 aliphatic heterocycles. The van der Waals surface area contributed by atoms with Gasteiger partial charge in [-0.15, -0.1) is 0 Å². The molecule has 0 unspecified atom stereocenters. The fourth-order valence-corrected chi connectivity index (χ4v) is 5.47. The molecule has 3 aromatic carbocycles. The number of carbonyl (C=O) groups is 1. The Morgan fingerprint density at radius 1 is 0.947 bits per heavy atom. The van der Waals surface area contributed by atoms with Gasteiger partial charge in [-0.3, -0.25) is 0 Å². The number of anilines is 1. The van der Waals surface area contributed by atoms with Gasteiger partial charge in [-0.25, -0.2) is 4.79 Å². The number of fused-ring (bicyclic) bond motifs is 1. The van der Waals surface area contributed by atoms with Crippen LogP contribution in [0.15, 0.2) is 66.7 Å². The molecular formula is C32H42N2O3Si. The molecule has 4 rings (SSSR count). The van der Waals surface area contributed by atoms with Crippen LogP contribution in [-0.4, -0.2) is 32.4 Å². The minimum absolute atomic E-state index is 0.0852. The van der Waals surface area contributed by atoms with Gasteiger partial charge in [0.2, 0.25) is 8.32 Å². The van der Waals surface area contributed by atoms with E-state index in [0.717, 1.165) is 48.4 Å². The fraction of sp³-hybridized carbons (Fsp3) is 0.406. The summed E-state index contributed by atoms with van der Waals surface area (Å²) >= 11 is 0. The number of nitrogens with one attached hydrogen (secondary N) is 1. The Morgan fingerprint density at radius 3 is 2.29 bits per heavy atom. The van der Waals surface area contributed by atoms with Crippen molar-refractivity contribution in [1.29, 1.82) is 0 Å². The van der Waals surface area contributed by atoms with Crippen molar-refractivity contribution in [2.75, 3.05) is 18.4 Å². The molecule has 1 heterocycles. The summed E-state index contributed by atoms with van der Waals surface area (Å²) in [4.78, 5) is 15.3. The summed E-state index contributed by atoms with van der Waals surface area (Å²) in [6, 6.07) is 22.8. The molecule has 5 nitrogen and oxygen atoms in total. The van der Waals surface area contributed by atoms with Gasteiger partial charge >= 0.3 is 6.09 Å². The van der Waals surface area contributed by atoms with Crippen LogP contribution in [-0.2, 0) is 24.8 Å². The first-order valence-corrected chi connectivity index (χ1v) is 17.1. The van der Waals surface area contributed by atoms with Crippen molar-refractivity contribution in [3.63, 3.8) is 0 Å². The van der Waals surface area contributed by atoms with Crippen molar-refractivity contribution in [2.24, 2.45) is 0 Å². The Hall–Kier alpha value is -3.25. The summed E-state index contributed by atoms with van der Waals surface area (Å²) in [7, 11) is -1.65. The van der Waals surface area contributed by atoms with E-state index in [1.807, 2.05) is 24.3 Å². The van der Waals surface area contributed by atoms with E-state index in [2.05, 4.69) is 88.2 Å². The lowest BCUT2D eigenvalue weighted by Crippen LogP contribution is -2.35.